The maximum Gasteiger partial charge on any atom is 0.308 e. The van der Waals surface area contributed by atoms with Gasteiger partial charge in [-0.2, -0.15) is 0 Å². The van der Waals surface area contributed by atoms with Crippen LogP contribution >= 0.6 is 0 Å². The first-order chi connectivity index (χ1) is 10.2. The molecule has 0 radical (unpaired) electrons. The Bertz CT molecular complexity index is 316. The highest BCUT2D eigenvalue weighted by atomic mass is 16.7. The van der Waals surface area contributed by atoms with Crippen LogP contribution in [0.25, 0.3) is 0 Å². The molecular formula is C18H30O3. The van der Waals surface area contributed by atoms with Gasteiger partial charge in [0.15, 0.2) is 0 Å². The van der Waals surface area contributed by atoms with Gasteiger partial charge in [0.2, 0.25) is 6.29 Å². The second-order valence-corrected chi connectivity index (χ2v) is 4.97. The van der Waals surface area contributed by atoms with Gasteiger partial charge in [-0.1, -0.05) is 38.3 Å². The van der Waals surface area contributed by atoms with Gasteiger partial charge in [-0.25, -0.2) is 0 Å². The van der Waals surface area contributed by atoms with E-state index in [9.17, 15) is 4.79 Å². The zero-order valence-corrected chi connectivity index (χ0v) is 13.4. The zero-order valence-electron chi connectivity index (χ0n) is 13.4. The lowest BCUT2D eigenvalue weighted by Gasteiger charge is -2.15. The molecule has 0 rings (SSSR count). The van der Waals surface area contributed by atoms with E-state index >= 15 is 0 Å². The molecule has 3 nitrogen and oxygen atoms in total. The van der Waals surface area contributed by atoms with Gasteiger partial charge in [0, 0.05) is 19.4 Å². The molecule has 120 valence electrons. The van der Waals surface area contributed by atoms with Gasteiger partial charge in [0.25, 0.3) is 0 Å². The van der Waals surface area contributed by atoms with Gasteiger partial charge >= 0.3 is 5.97 Å². The third kappa shape index (κ3) is 13.4. The quantitative estimate of drug-likeness (QED) is 0.150. The normalized spacial score (nSPS) is 11.5. The van der Waals surface area contributed by atoms with E-state index < -0.39 is 6.29 Å². The van der Waals surface area contributed by atoms with E-state index in [0.29, 0.717) is 19.4 Å². The van der Waals surface area contributed by atoms with Crippen molar-refractivity contribution in [3.8, 4) is 0 Å². The Kier molecular flexibility index (Phi) is 14.1. The summed E-state index contributed by atoms with van der Waals surface area (Å²) < 4.78 is 10.6. The van der Waals surface area contributed by atoms with Crippen LogP contribution in [0.4, 0.5) is 0 Å². The zero-order chi connectivity index (χ0) is 15.8. The summed E-state index contributed by atoms with van der Waals surface area (Å²) in [4.78, 5) is 11.7. The molecule has 0 aromatic heterocycles. The molecule has 0 bridgehead atoms. The van der Waals surface area contributed by atoms with E-state index in [-0.39, 0.29) is 5.97 Å². The van der Waals surface area contributed by atoms with Crippen molar-refractivity contribution in [3.63, 3.8) is 0 Å². The first kappa shape index (κ1) is 19.7. The maximum absolute atomic E-state index is 11.7. The van der Waals surface area contributed by atoms with E-state index in [1.165, 1.54) is 25.7 Å². The van der Waals surface area contributed by atoms with E-state index in [0.717, 1.165) is 19.3 Å². The lowest BCUT2D eigenvalue weighted by Crippen LogP contribution is -2.20. The molecule has 1 unspecified atom stereocenters. The third-order valence-corrected chi connectivity index (χ3v) is 3.11. The van der Waals surface area contributed by atoms with Crippen LogP contribution in [0, 0.1) is 0 Å². The van der Waals surface area contributed by atoms with Crippen LogP contribution in [0.5, 0.6) is 0 Å². The van der Waals surface area contributed by atoms with E-state index in [4.69, 9.17) is 9.47 Å². The van der Waals surface area contributed by atoms with Crippen molar-refractivity contribution in [2.45, 2.75) is 71.0 Å². The fraction of sp³-hybridized carbons (Fsp3) is 0.667. The predicted molar refractivity (Wildman–Crippen MR) is 87.0 cm³/mol. The Morgan fingerprint density at radius 1 is 1.19 bits per heavy atom. The summed E-state index contributed by atoms with van der Waals surface area (Å²) in [6, 6.07) is 0. The van der Waals surface area contributed by atoms with Crippen molar-refractivity contribution in [2.24, 2.45) is 0 Å². The number of hydrogen-bond donors (Lipinski definition) is 0. The molecule has 0 spiro atoms. The molecule has 0 aliphatic heterocycles. The first-order valence-electron chi connectivity index (χ1n) is 8.00. The molecule has 0 fully saturated rings. The summed E-state index contributed by atoms with van der Waals surface area (Å²) in [5, 5.41) is 0. The van der Waals surface area contributed by atoms with Crippen molar-refractivity contribution >= 4 is 5.97 Å². The van der Waals surface area contributed by atoms with Gasteiger partial charge < -0.3 is 9.47 Å². The van der Waals surface area contributed by atoms with Crippen molar-refractivity contribution in [3.05, 3.63) is 31.0 Å². The molecule has 0 saturated carbocycles. The van der Waals surface area contributed by atoms with Crippen molar-refractivity contribution in [2.75, 3.05) is 6.61 Å². The monoisotopic (exact) mass is 294 g/mol. The molecule has 0 aromatic rings. The molecule has 3 heteroatoms. The standard InChI is InChI=1S/C18H30O3/c1-4-7-9-10-11-12-13-14-15-17(19)21-18(20-6-3)16-8-5-2/h4,8,18H,1-2,6-7,9-16H2,3H3. The van der Waals surface area contributed by atoms with Gasteiger partial charge in [-0.3, -0.25) is 4.79 Å². The molecule has 0 saturated heterocycles. The number of carbonyl (C=O) groups is 1. The predicted octanol–water partition coefficient (Wildman–Crippen LogP) is 4.93. The minimum Gasteiger partial charge on any atom is -0.435 e. The van der Waals surface area contributed by atoms with Crippen LogP contribution < -0.4 is 0 Å². The smallest absolute Gasteiger partial charge is 0.308 e. The summed E-state index contributed by atoms with van der Waals surface area (Å²) in [6.07, 6.45) is 12.1. The average molecular weight is 294 g/mol. The number of carbonyl (C=O) groups excluding carboxylic acids is 1. The third-order valence-electron chi connectivity index (χ3n) is 3.11. The average Bonchev–Trinajstić information content (AvgIpc) is 2.47. The molecule has 0 aromatic carbocycles. The SMILES string of the molecule is C=C=CCC(OCC)OC(=O)CCCCCCCCC=C. The molecule has 21 heavy (non-hydrogen) atoms. The Morgan fingerprint density at radius 3 is 2.48 bits per heavy atom. The topological polar surface area (TPSA) is 35.5 Å². The lowest BCUT2D eigenvalue weighted by molar-refractivity contribution is -0.177. The van der Waals surface area contributed by atoms with Crippen LogP contribution in [0.3, 0.4) is 0 Å². The molecule has 1 atom stereocenters. The molecule has 0 N–H and O–H groups in total. The lowest BCUT2D eigenvalue weighted by atomic mass is 10.1. The number of allylic oxidation sites excluding steroid dienone is 1. The number of hydrogen-bond acceptors (Lipinski definition) is 3. The van der Waals surface area contributed by atoms with Crippen LogP contribution in [0.15, 0.2) is 31.0 Å². The van der Waals surface area contributed by atoms with Crippen molar-refractivity contribution < 1.29 is 14.3 Å². The van der Waals surface area contributed by atoms with E-state index in [1.54, 1.807) is 6.08 Å². The van der Waals surface area contributed by atoms with Crippen molar-refractivity contribution in [1.82, 2.24) is 0 Å². The van der Waals surface area contributed by atoms with Crippen LogP contribution in [0.2, 0.25) is 0 Å². The second-order valence-electron chi connectivity index (χ2n) is 4.97. The van der Waals surface area contributed by atoms with Crippen LogP contribution in [-0.4, -0.2) is 18.9 Å². The minimum absolute atomic E-state index is 0.183. The van der Waals surface area contributed by atoms with E-state index in [1.807, 2.05) is 13.0 Å². The molecule has 0 aliphatic carbocycles. The summed E-state index contributed by atoms with van der Waals surface area (Å²) >= 11 is 0. The van der Waals surface area contributed by atoms with E-state index in [2.05, 4.69) is 18.9 Å². The Morgan fingerprint density at radius 2 is 1.86 bits per heavy atom. The summed E-state index contributed by atoms with van der Waals surface area (Å²) in [5.41, 5.74) is 2.66. The van der Waals surface area contributed by atoms with Crippen LogP contribution in [-0.2, 0) is 14.3 Å². The van der Waals surface area contributed by atoms with Gasteiger partial charge in [0.05, 0.1) is 0 Å². The number of esters is 1. The Hall–Kier alpha value is -1.31. The second kappa shape index (κ2) is 15.1. The number of rotatable bonds is 14. The number of ether oxygens (including phenoxy) is 2. The van der Waals surface area contributed by atoms with Gasteiger partial charge in [0.1, 0.15) is 0 Å². The minimum atomic E-state index is -0.504. The summed E-state index contributed by atoms with van der Waals surface area (Å²) in [5.74, 6) is -0.183. The van der Waals surface area contributed by atoms with Gasteiger partial charge in [-0.05, 0) is 32.3 Å². The first-order valence-corrected chi connectivity index (χ1v) is 8.00. The summed E-state index contributed by atoms with van der Waals surface area (Å²) in [6.45, 7) is 9.60. The molecule has 0 amide bonds. The molecule has 0 aliphatic rings. The highest BCUT2D eigenvalue weighted by Crippen LogP contribution is 2.10. The summed E-state index contributed by atoms with van der Waals surface area (Å²) in [7, 11) is 0. The molecule has 0 heterocycles. The Balaban J connectivity index is 3.62. The Labute approximate surface area is 129 Å². The van der Waals surface area contributed by atoms with Crippen molar-refractivity contribution in [1.29, 1.82) is 0 Å². The maximum atomic E-state index is 11.7. The van der Waals surface area contributed by atoms with Crippen LogP contribution in [0.1, 0.15) is 64.7 Å². The highest BCUT2D eigenvalue weighted by Gasteiger charge is 2.12. The highest BCUT2D eigenvalue weighted by molar-refractivity contribution is 5.69. The van der Waals surface area contributed by atoms with Gasteiger partial charge in [-0.15, -0.1) is 12.3 Å². The fourth-order valence-corrected chi connectivity index (χ4v) is 1.99. The molecular weight excluding hydrogens is 264 g/mol. The fourth-order valence-electron chi connectivity index (χ4n) is 1.99. The number of unbranched alkanes of at least 4 members (excludes halogenated alkanes) is 6. The largest absolute Gasteiger partial charge is 0.435 e.